The van der Waals surface area contributed by atoms with Crippen LogP contribution in [0, 0.1) is 18.3 Å². The van der Waals surface area contributed by atoms with E-state index in [9.17, 15) is 5.26 Å². The molecule has 0 saturated carbocycles. The van der Waals surface area contributed by atoms with Gasteiger partial charge in [-0.1, -0.05) is 29.8 Å². The number of halogens is 1. The number of guanidine groups is 1. The van der Waals surface area contributed by atoms with Crippen LogP contribution in [0.2, 0.25) is 0 Å². The molecule has 0 radical (unpaired) electrons. The summed E-state index contributed by atoms with van der Waals surface area (Å²) in [5.41, 5.74) is 4.69. The minimum absolute atomic E-state index is 0. The standard InChI is InChI=1S/C25H28N6O.HI/c1-18-9-11-19(12-10-18)24-29-22(17-32-24)15-28-25(27-2)30-21-7-5-13-31(16-21)23-8-4-3-6-20(23)14-26;/h3-4,6,8-12,17,21H,5,7,13,15-16H2,1-2H3,(H2,27,28,30);1H. The Balaban J connectivity index is 0.00000306. The Morgan fingerprint density at radius 1 is 1.24 bits per heavy atom. The van der Waals surface area contributed by atoms with Crippen LogP contribution in [0.1, 0.15) is 29.7 Å². The first-order valence-corrected chi connectivity index (χ1v) is 10.9. The van der Waals surface area contributed by atoms with Crippen molar-refractivity contribution in [3.63, 3.8) is 0 Å². The number of hydrogen-bond donors (Lipinski definition) is 2. The third kappa shape index (κ3) is 6.26. The number of anilines is 1. The third-order valence-electron chi connectivity index (χ3n) is 5.64. The van der Waals surface area contributed by atoms with E-state index in [1.165, 1.54) is 5.56 Å². The van der Waals surface area contributed by atoms with Crippen LogP contribution in [0.15, 0.2) is 64.2 Å². The zero-order valence-corrected chi connectivity index (χ0v) is 21.2. The normalized spacial score (nSPS) is 16.0. The molecule has 0 aliphatic carbocycles. The Bertz CT molecular complexity index is 1120. The first-order chi connectivity index (χ1) is 15.7. The van der Waals surface area contributed by atoms with Crippen LogP contribution in [0.3, 0.4) is 0 Å². The van der Waals surface area contributed by atoms with Crippen LogP contribution in [0.5, 0.6) is 0 Å². The van der Waals surface area contributed by atoms with Gasteiger partial charge < -0.3 is 20.0 Å². The molecular formula is C25H29IN6O. The second kappa shape index (κ2) is 11.7. The third-order valence-corrected chi connectivity index (χ3v) is 5.64. The molecule has 0 amide bonds. The van der Waals surface area contributed by atoms with Crippen LogP contribution in [0.4, 0.5) is 5.69 Å². The van der Waals surface area contributed by atoms with Gasteiger partial charge in [-0.15, -0.1) is 24.0 Å². The summed E-state index contributed by atoms with van der Waals surface area (Å²) in [7, 11) is 1.77. The Morgan fingerprint density at radius 3 is 2.79 bits per heavy atom. The first kappa shape index (κ1) is 24.6. The summed E-state index contributed by atoms with van der Waals surface area (Å²) in [4.78, 5) is 11.2. The van der Waals surface area contributed by atoms with Gasteiger partial charge in [-0.25, -0.2) is 4.98 Å². The van der Waals surface area contributed by atoms with Crippen molar-refractivity contribution in [3.05, 3.63) is 71.6 Å². The van der Waals surface area contributed by atoms with Crippen molar-refractivity contribution in [2.45, 2.75) is 32.4 Å². The van der Waals surface area contributed by atoms with E-state index in [0.717, 1.165) is 48.8 Å². The van der Waals surface area contributed by atoms with E-state index >= 15 is 0 Å². The van der Waals surface area contributed by atoms with Gasteiger partial charge in [-0.05, 0) is 44.0 Å². The van der Waals surface area contributed by atoms with Crippen LogP contribution >= 0.6 is 24.0 Å². The Kier molecular flexibility index (Phi) is 8.72. The fraction of sp³-hybridized carbons (Fsp3) is 0.320. The van der Waals surface area contributed by atoms with Gasteiger partial charge in [0.2, 0.25) is 5.89 Å². The van der Waals surface area contributed by atoms with Crippen molar-refractivity contribution >= 4 is 35.6 Å². The summed E-state index contributed by atoms with van der Waals surface area (Å²) in [6.07, 6.45) is 3.78. The molecule has 0 bridgehead atoms. The maximum atomic E-state index is 9.43. The van der Waals surface area contributed by atoms with Gasteiger partial charge in [0.15, 0.2) is 5.96 Å². The lowest BCUT2D eigenvalue weighted by Crippen LogP contribution is -2.51. The molecule has 2 N–H and O–H groups in total. The maximum Gasteiger partial charge on any atom is 0.226 e. The van der Waals surface area contributed by atoms with Gasteiger partial charge >= 0.3 is 0 Å². The molecule has 1 fully saturated rings. The molecule has 3 aromatic rings. The summed E-state index contributed by atoms with van der Waals surface area (Å²) < 4.78 is 5.65. The van der Waals surface area contributed by atoms with Crippen LogP contribution in [-0.4, -0.2) is 37.1 Å². The lowest BCUT2D eigenvalue weighted by molar-refractivity contribution is 0.467. The number of aliphatic imine (C=N–C) groups is 1. The highest BCUT2D eigenvalue weighted by molar-refractivity contribution is 14.0. The Labute approximate surface area is 211 Å². The quantitative estimate of drug-likeness (QED) is 0.274. The minimum atomic E-state index is 0. The molecule has 1 aliphatic heterocycles. The monoisotopic (exact) mass is 556 g/mol. The van der Waals surface area contributed by atoms with Gasteiger partial charge in [0.1, 0.15) is 12.3 Å². The lowest BCUT2D eigenvalue weighted by Gasteiger charge is -2.35. The highest BCUT2D eigenvalue weighted by Crippen LogP contribution is 2.23. The average molecular weight is 556 g/mol. The van der Waals surface area contributed by atoms with Crippen molar-refractivity contribution in [1.29, 1.82) is 5.26 Å². The predicted molar refractivity (Wildman–Crippen MR) is 142 cm³/mol. The van der Waals surface area contributed by atoms with E-state index in [2.05, 4.69) is 38.5 Å². The summed E-state index contributed by atoms with van der Waals surface area (Å²) in [5.74, 6) is 1.34. The number of nitriles is 1. The fourth-order valence-electron chi connectivity index (χ4n) is 3.94. The number of piperidine rings is 1. The highest BCUT2D eigenvalue weighted by atomic mass is 127. The Hall–Kier alpha value is -3.06. The van der Waals surface area contributed by atoms with Crippen LogP contribution in [0.25, 0.3) is 11.5 Å². The van der Waals surface area contributed by atoms with Crippen molar-refractivity contribution < 1.29 is 4.42 Å². The molecule has 1 aliphatic rings. The number of hydrogen-bond acceptors (Lipinski definition) is 5. The van der Waals surface area contributed by atoms with Crippen molar-refractivity contribution in [2.75, 3.05) is 25.0 Å². The molecule has 33 heavy (non-hydrogen) atoms. The van der Waals surface area contributed by atoms with E-state index in [0.29, 0.717) is 18.0 Å². The largest absolute Gasteiger partial charge is 0.444 e. The summed E-state index contributed by atoms with van der Waals surface area (Å²) in [6, 6.07) is 18.4. The number of nitrogens with one attached hydrogen (secondary N) is 2. The van der Waals surface area contributed by atoms with E-state index in [4.69, 9.17) is 4.42 Å². The van der Waals surface area contributed by atoms with E-state index in [1.807, 2.05) is 48.5 Å². The molecule has 2 heterocycles. The molecule has 2 aromatic carbocycles. The molecule has 1 saturated heterocycles. The van der Waals surface area contributed by atoms with Gasteiger partial charge in [0.25, 0.3) is 0 Å². The molecule has 1 unspecified atom stereocenters. The average Bonchev–Trinajstić information content (AvgIpc) is 3.31. The lowest BCUT2D eigenvalue weighted by atomic mass is 10.0. The molecule has 172 valence electrons. The van der Waals surface area contributed by atoms with E-state index in [1.54, 1.807) is 13.3 Å². The molecule has 1 atom stereocenters. The number of oxazole rings is 1. The number of aryl methyl sites for hydroxylation is 1. The van der Waals surface area contributed by atoms with Crippen LogP contribution in [-0.2, 0) is 6.54 Å². The van der Waals surface area contributed by atoms with Gasteiger partial charge in [0, 0.05) is 31.7 Å². The fourth-order valence-corrected chi connectivity index (χ4v) is 3.94. The summed E-state index contributed by atoms with van der Waals surface area (Å²) >= 11 is 0. The van der Waals surface area contributed by atoms with Gasteiger partial charge in [-0.3, -0.25) is 4.99 Å². The minimum Gasteiger partial charge on any atom is -0.444 e. The maximum absolute atomic E-state index is 9.43. The van der Waals surface area contributed by atoms with Crippen molar-refractivity contribution in [1.82, 2.24) is 15.6 Å². The molecule has 7 nitrogen and oxygen atoms in total. The molecule has 1 aromatic heterocycles. The summed E-state index contributed by atoms with van der Waals surface area (Å²) in [5, 5.41) is 16.3. The number of aromatic nitrogens is 1. The highest BCUT2D eigenvalue weighted by Gasteiger charge is 2.22. The molecule has 0 spiro atoms. The van der Waals surface area contributed by atoms with Gasteiger partial charge in [0.05, 0.1) is 23.5 Å². The number of para-hydroxylation sites is 1. The SMILES string of the molecule is CN=C(NCc1coc(-c2ccc(C)cc2)n1)NC1CCCN(c2ccccc2C#N)C1.I. The molecule has 8 heteroatoms. The van der Waals surface area contributed by atoms with Crippen molar-refractivity contribution in [2.24, 2.45) is 4.99 Å². The predicted octanol–water partition coefficient (Wildman–Crippen LogP) is 4.47. The second-order valence-corrected chi connectivity index (χ2v) is 7.99. The number of nitrogens with zero attached hydrogens (tertiary/aromatic N) is 4. The zero-order chi connectivity index (χ0) is 22.3. The van der Waals surface area contributed by atoms with E-state index < -0.39 is 0 Å². The van der Waals surface area contributed by atoms with Gasteiger partial charge in [-0.2, -0.15) is 5.26 Å². The molecule has 4 rings (SSSR count). The Morgan fingerprint density at radius 2 is 2.03 bits per heavy atom. The smallest absolute Gasteiger partial charge is 0.226 e. The molecular weight excluding hydrogens is 527 g/mol. The summed E-state index contributed by atoms with van der Waals surface area (Å²) in [6.45, 7) is 4.34. The van der Waals surface area contributed by atoms with Crippen molar-refractivity contribution in [3.8, 4) is 17.5 Å². The van der Waals surface area contributed by atoms with E-state index in [-0.39, 0.29) is 30.0 Å². The number of rotatable bonds is 5. The second-order valence-electron chi connectivity index (χ2n) is 7.99. The zero-order valence-electron chi connectivity index (χ0n) is 18.9. The topological polar surface area (TPSA) is 89.5 Å². The number of benzene rings is 2. The first-order valence-electron chi connectivity index (χ1n) is 10.9. The van der Waals surface area contributed by atoms with Crippen LogP contribution < -0.4 is 15.5 Å².